The molecule has 0 fully saturated rings. The molecule has 0 spiro atoms. The Bertz CT molecular complexity index is 563. The van der Waals surface area contributed by atoms with Gasteiger partial charge < -0.3 is 10.1 Å². The van der Waals surface area contributed by atoms with Crippen molar-refractivity contribution in [1.29, 1.82) is 0 Å². The molecule has 0 aliphatic rings. The third-order valence-corrected chi connectivity index (χ3v) is 3.20. The number of ether oxygens (including phenoxy) is 1. The molecule has 0 bridgehead atoms. The Labute approximate surface area is 127 Å². The van der Waals surface area contributed by atoms with Crippen LogP contribution in [0.3, 0.4) is 0 Å². The smallest absolute Gasteiger partial charge is 0.190 e. The minimum absolute atomic E-state index is 0.426. The lowest BCUT2D eigenvalue weighted by Gasteiger charge is -2.08. The average Bonchev–Trinajstić information content (AvgIpc) is 2.46. The highest BCUT2D eigenvalue weighted by Crippen LogP contribution is 2.22. The molecular formula is C14H16ClN3OS. The van der Waals surface area contributed by atoms with Crippen molar-refractivity contribution in [2.24, 2.45) is 0 Å². The van der Waals surface area contributed by atoms with Crippen LogP contribution in [-0.4, -0.2) is 22.8 Å². The van der Waals surface area contributed by atoms with Gasteiger partial charge in [-0.05, 0) is 36.9 Å². The molecule has 0 saturated carbocycles. The van der Waals surface area contributed by atoms with Crippen LogP contribution in [0.1, 0.15) is 13.3 Å². The predicted octanol–water partition coefficient (Wildman–Crippen LogP) is 4.38. The second-order valence-electron chi connectivity index (χ2n) is 4.06. The first-order valence-electron chi connectivity index (χ1n) is 6.29. The van der Waals surface area contributed by atoms with Crippen LogP contribution in [0.25, 0.3) is 0 Å². The van der Waals surface area contributed by atoms with Gasteiger partial charge in [0.2, 0.25) is 0 Å². The van der Waals surface area contributed by atoms with Gasteiger partial charge in [-0.15, -0.1) is 0 Å². The van der Waals surface area contributed by atoms with E-state index in [0.29, 0.717) is 16.1 Å². The lowest BCUT2D eigenvalue weighted by atomic mass is 10.3. The van der Waals surface area contributed by atoms with Crippen LogP contribution >= 0.6 is 23.4 Å². The number of halogens is 1. The molecule has 2 aromatic rings. The average molecular weight is 310 g/mol. The summed E-state index contributed by atoms with van der Waals surface area (Å²) in [6.07, 6.45) is 2.91. The number of rotatable bonds is 6. The van der Waals surface area contributed by atoms with E-state index in [1.165, 1.54) is 11.8 Å². The maximum atomic E-state index is 5.95. The molecule has 1 aromatic heterocycles. The molecule has 0 atom stereocenters. The Balaban J connectivity index is 2.07. The molecule has 4 nitrogen and oxygen atoms in total. The van der Waals surface area contributed by atoms with Crippen LogP contribution in [0.4, 0.5) is 11.5 Å². The van der Waals surface area contributed by atoms with Gasteiger partial charge in [-0.2, -0.15) is 0 Å². The summed E-state index contributed by atoms with van der Waals surface area (Å²) in [5, 5.41) is 4.27. The van der Waals surface area contributed by atoms with E-state index in [1.54, 1.807) is 6.07 Å². The van der Waals surface area contributed by atoms with Crippen LogP contribution in [0, 0.1) is 0 Å². The maximum Gasteiger partial charge on any atom is 0.190 e. The first-order chi connectivity index (χ1) is 9.71. The molecule has 106 valence electrons. The highest BCUT2D eigenvalue weighted by Gasteiger charge is 2.03. The largest absolute Gasteiger partial charge is 0.494 e. The van der Waals surface area contributed by atoms with E-state index in [2.05, 4.69) is 22.2 Å². The minimum Gasteiger partial charge on any atom is -0.494 e. The van der Waals surface area contributed by atoms with Crippen LogP contribution in [0.2, 0.25) is 5.15 Å². The molecule has 0 amide bonds. The van der Waals surface area contributed by atoms with Crippen LogP contribution < -0.4 is 10.1 Å². The van der Waals surface area contributed by atoms with Gasteiger partial charge in [-0.25, -0.2) is 9.97 Å². The second kappa shape index (κ2) is 7.36. The zero-order valence-corrected chi connectivity index (χ0v) is 13.0. The number of benzene rings is 1. The Morgan fingerprint density at radius 3 is 2.65 bits per heavy atom. The van der Waals surface area contributed by atoms with Crippen molar-refractivity contribution < 1.29 is 4.74 Å². The molecule has 20 heavy (non-hydrogen) atoms. The van der Waals surface area contributed by atoms with Crippen molar-refractivity contribution in [2.75, 3.05) is 18.2 Å². The summed E-state index contributed by atoms with van der Waals surface area (Å²) in [6, 6.07) is 9.44. The Morgan fingerprint density at radius 1 is 1.25 bits per heavy atom. The SMILES string of the molecule is CCCOc1ccc(Nc2cc(Cl)nc(SC)n2)cc1. The molecule has 1 aromatic carbocycles. The Kier molecular flexibility index (Phi) is 5.49. The van der Waals surface area contributed by atoms with Crippen LogP contribution in [-0.2, 0) is 0 Å². The van der Waals surface area contributed by atoms with Crippen molar-refractivity contribution in [1.82, 2.24) is 9.97 Å². The van der Waals surface area contributed by atoms with Gasteiger partial charge in [0.25, 0.3) is 0 Å². The maximum absolute atomic E-state index is 5.95. The van der Waals surface area contributed by atoms with Gasteiger partial charge >= 0.3 is 0 Å². The highest BCUT2D eigenvalue weighted by atomic mass is 35.5. The molecular weight excluding hydrogens is 294 g/mol. The number of hydrogen-bond acceptors (Lipinski definition) is 5. The van der Waals surface area contributed by atoms with E-state index in [-0.39, 0.29) is 0 Å². The molecule has 0 saturated heterocycles. The second-order valence-corrected chi connectivity index (χ2v) is 5.22. The first kappa shape index (κ1) is 14.9. The van der Waals surface area contributed by atoms with E-state index >= 15 is 0 Å². The van der Waals surface area contributed by atoms with E-state index in [4.69, 9.17) is 16.3 Å². The van der Waals surface area contributed by atoms with Gasteiger partial charge in [0.15, 0.2) is 5.16 Å². The van der Waals surface area contributed by atoms with Crippen molar-refractivity contribution in [2.45, 2.75) is 18.5 Å². The monoisotopic (exact) mass is 309 g/mol. The topological polar surface area (TPSA) is 47.0 Å². The van der Waals surface area contributed by atoms with Crippen molar-refractivity contribution >= 4 is 34.9 Å². The zero-order valence-electron chi connectivity index (χ0n) is 11.4. The molecule has 0 unspecified atom stereocenters. The normalized spacial score (nSPS) is 10.3. The number of aromatic nitrogens is 2. The summed E-state index contributed by atoms with van der Waals surface area (Å²) in [4.78, 5) is 8.44. The minimum atomic E-state index is 0.426. The lowest BCUT2D eigenvalue weighted by molar-refractivity contribution is 0.317. The standard InChI is InChI=1S/C14H16ClN3OS/c1-3-8-19-11-6-4-10(5-7-11)16-13-9-12(15)17-14(18-13)20-2/h4-7,9H,3,8H2,1-2H3,(H,16,17,18). The fourth-order valence-electron chi connectivity index (χ4n) is 1.55. The van der Waals surface area contributed by atoms with Gasteiger partial charge in [0.05, 0.1) is 6.61 Å². The molecule has 2 rings (SSSR count). The van der Waals surface area contributed by atoms with Gasteiger partial charge in [0, 0.05) is 11.8 Å². The van der Waals surface area contributed by atoms with E-state index < -0.39 is 0 Å². The number of hydrogen-bond donors (Lipinski definition) is 1. The van der Waals surface area contributed by atoms with E-state index in [1.807, 2.05) is 30.5 Å². The Morgan fingerprint density at radius 2 is 2.00 bits per heavy atom. The number of nitrogens with zero attached hydrogens (tertiary/aromatic N) is 2. The summed E-state index contributed by atoms with van der Waals surface area (Å²) in [7, 11) is 0. The summed E-state index contributed by atoms with van der Waals surface area (Å²) < 4.78 is 5.54. The van der Waals surface area contributed by atoms with E-state index in [0.717, 1.165) is 24.5 Å². The quantitative estimate of drug-likeness (QED) is 0.487. The zero-order chi connectivity index (χ0) is 14.4. The van der Waals surface area contributed by atoms with Crippen molar-refractivity contribution in [3.05, 3.63) is 35.5 Å². The molecule has 1 N–H and O–H groups in total. The molecule has 0 aliphatic carbocycles. The summed E-state index contributed by atoms with van der Waals surface area (Å²) in [6.45, 7) is 2.81. The van der Waals surface area contributed by atoms with Gasteiger partial charge in [-0.1, -0.05) is 30.3 Å². The molecule has 0 aliphatic heterocycles. The van der Waals surface area contributed by atoms with Gasteiger partial charge in [-0.3, -0.25) is 0 Å². The Hall–Kier alpha value is -1.46. The fraction of sp³-hybridized carbons (Fsp3) is 0.286. The number of nitrogens with one attached hydrogen (secondary N) is 1. The predicted molar refractivity (Wildman–Crippen MR) is 84.3 cm³/mol. The number of thioether (sulfide) groups is 1. The van der Waals surface area contributed by atoms with Crippen molar-refractivity contribution in [3.8, 4) is 5.75 Å². The van der Waals surface area contributed by atoms with Gasteiger partial charge in [0.1, 0.15) is 16.7 Å². The summed E-state index contributed by atoms with van der Waals surface area (Å²) in [5.41, 5.74) is 0.927. The number of anilines is 2. The summed E-state index contributed by atoms with van der Waals surface area (Å²) >= 11 is 7.41. The highest BCUT2D eigenvalue weighted by molar-refractivity contribution is 7.98. The first-order valence-corrected chi connectivity index (χ1v) is 7.90. The molecule has 1 heterocycles. The summed E-state index contributed by atoms with van der Waals surface area (Å²) in [5.74, 6) is 1.54. The van der Waals surface area contributed by atoms with Crippen LogP contribution in [0.5, 0.6) is 5.75 Å². The fourth-order valence-corrected chi connectivity index (χ4v) is 2.17. The lowest BCUT2D eigenvalue weighted by Crippen LogP contribution is -1.98. The third-order valence-electron chi connectivity index (χ3n) is 2.46. The molecule has 6 heteroatoms. The van der Waals surface area contributed by atoms with E-state index in [9.17, 15) is 0 Å². The van der Waals surface area contributed by atoms with Crippen molar-refractivity contribution in [3.63, 3.8) is 0 Å². The third kappa shape index (κ3) is 4.28. The molecule has 0 radical (unpaired) electrons. The van der Waals surface area contributed by atoms with Crippen LogP contribution in [0.15, 0.2) is 35.5 Å².